The molecule has 0 radical (unpaired) electrons. The maximum atomic E-state index is 14.3. The first kappa shape index (κ1) is 26.3. The molecule has 3 aromatic carbocycles. The summed E-state index contributed by atoms with van der Waals surface area (Å²) in [5, 5.41) is 2.54. The number of benzene rings is 3. The molecule has 0 spiro atoms. The van der Waals surface area contributed by atoms with E-state index in [1.807, 2.05) is 12.1 Å². The van der Waals surface area contributed by atoms with Crippen LogP contribution in [0.3, 0.4) is 0 Å². The van der Waals surface area contributed by atoms with Gasteiger partial charge in [-0.1, -0.05) is 23.7 Å². The lowest BCUT2D eigenvalue weighted by molar-refractivity contribution is 0.0525. The number of rotatable bonds is 6. The SMILES string of the molecule is CCOC(=O)c1ccc(C(=O)Nc2ccc(C3CCN(C(=O)c4c(F)ccc(Cl)c4F)CC3)cc2)cc1. The molecule has 0 aromatic heterocycles. The smallest absolute Gasteiger partial charge is 0.338 e. The van der Waals surface area contributed by atoms with Crippen molar-refractivity contribution in [3.05, 3.63) is 99.6 Å². The Hall–Kier alpha value is -3.78. The van der Waals surface area contributed by atoms with E-state index in [-0.39, 0.29) is 23.5 Å². The van der Waals surface area contributed by atoms with Gasteiger partial charge in [-0.05, 0) is 79.8 Å². The van der Waals surface area contributed by atoms with Crippen LogP contribution in [0.4, 0.5) is 14.5 Å². The number of carbonyl (C=O) groups excluding carboxylic acids is 3. The average Bonchev–Trinajstić information content (AvgIpc) is 2.91. The number of carbonyl (C=O) groups is 3. The Kier molecular flexibility index (Phi) is 8.18. The van der Waals surface area contributed by atoms with Crippen LogP contribution in [0.2, 0.25) is 5.02 Å². The molecule has 1 heterocycles. The van der Waals surface area contributed by atoms with Gasteiger partial charge < -0.3 is 15.0 Å². The molecule has 4 rings (SSSR count). The Balaban J connectivity index is 1.33. The fourth-order valence-corrected chi connectivity index (χ4v) is 4.47. The van der Waals surface area contributed by atoms with Gasteiger partial charge in [-0.15, -0.1) is 0 Å². The summed E-state index contributed by atoms with van der Waals surface area (Å²) in [5.41, 5.74) is 1.81. The molecule has 0 atom stereocenters. The van der Waals surface area contributed by atoms with E-state index in [1.54, 1.807) is 43.3 Å². The Morgan fingerprint density at radius 1 is 0.946 bits per heavy atom. The van der Waals surface area contributed by atoms with Crippen LogP contribution in [0, 0.1) is 11.6 Å². The lowest BCUT2D eigenvalue weighted by atomic mass is 9.89. The molecule has 0 unspecified atom stereocenters. The van der Waals surface area contributed by atoms with Crippen LogP contribution >= 0.6 is 11.6 Å². The number of ether oxygens (including phenoxy) is 1. The molecular formula is C28H25ClF2N2O4. The Labute approximate surface area is 218 Å². The van der Waals surface area contributed by atoms with Crippen molar-refractivity contribution < 1.29 is 27.9 Å². The zero-order chi connectivity index (χ0) is 26.5. The minimum atomic E-state index is -1.04. The van der Waals surface area contributed by atoms with E-state index in [0.29, 0.717) is 42.7 Å². The molecule has 0 saturated carbocycles. The highest BCUT2D eigenvalue weighted by atomic mass is 35.5. The number of hydrogen-bond acceptors (Lipinski definition) is 4. The van der Waals surface area contributed by atoms with Gasteiger partial charge in [0, 0.05) is 24.3 Å². The van der Waals surface area contributed by atoms with Crippen LogP contribution in [-0.2, 0) is 4.74 Å². The molecule has 0 aliphatic carbocycles. The van der Waals surface area contributed by atoms with Gasteiger partial charge in [-0.25, -0.2) is 13.6 Å². The van der Waals surface area contributed by atoms with E-state index < -0.39 is 29.1 Å². The first-order valence-corrected chi connectivity index (χ1v) is 12.3. The molecule has 1 saturated heterocycles. The zero-order valence-electron chi connectivity index (χ0n) is 20.1. The summed E-state index contributed by atoms with van der Waals surface area (Å²) >= 11 is 5.72. The molecule has 1 fully saturated rings. The van der Waals surface area contributed by atoms with E-state index in [9.17, 15) is 23.2 Å². The van der Waals surface area contributed by atoms with Crippen LogP contribution in [0.5, 0.6) is 0 Å². The van der Waals surface area contributed by atoms with Gasteiger partial charge in [0.2, 0.25) is 0 Å². The monoisotopic (exact) mass is 526 g/mol. The summed E-state index contributed by atoms with van der Waals surface area (Å²) in [6.07, 6.45) is 1.27. The standard InChI is InChI=1S/C28H25ClF2N2O4/c1-2-37-28(36)20-5-3-19(4-6-20)26(34)32-21-9-7-17(8-10-21)18-13-15-33(16-14-18)27(35)24-23(30)12-11-22(29)25(24)31/h3-12,18H,2,13-16H2,1H3,(H,32,34). The maximum Gasteiger partial charge on any atom is 0.338 e. The average molecular weight is 527 g/mol. The topological polar surface area (TPSA) is 75.7 Å². The lowest BCUT2D eigenvalue weighted by Gasteiger charge is -2.32. The highest BCUT2D eigenvalue weighted by molar-refractivity contribution is 6.31. The minimum Gasteiger partial charge on any atom is -0.462 e. The van der Waals surface area contributed by atoms with Gasteiger partial charge in [-0.3, -0.25) is 9.59 Å². The van der Waals surface area contributed by atoms with E-state index in [0.717, 1.165) is 17.7 Å². The normalized spacial score (nSPS) is 13.8. The summed E-state index contributed by atoms with van der Waals surface area (Å²) in [5.74, 6) is -3.26. The van der Waals surface area contributed by atoms with Crippen molar-refractivity contribution in [1.29, 1.82) is 0 Å². The van der Waals surface area contributed by atoms with Crippen LogP contribution in [0.1, 0.15) is 62.3 Å². The number of anilines is 1. The first-order chi connectivity index (χ1) is 17.8. The minimum absolute atomic E-state index is 0.165. The molecule has 3 aromatic rings. The number of nitrogens with one attached hydrogen (secondary N) is 1. The molecule has 1 N–H and O–H groups in total. The van der Waals surface area contributed by atoms with Crippen LogP contribution < -0.4 is 5.32 Å². The number of amides is 2. The molecule has 1 aliphatic heterocycles. The van der Waals surface area contributed by atoms with E-state index in [2.05, 4.69) is 5.32 Å². The van der Waals surface area contributed by atoms with Crippen LogP contribution in [0.25, 0.3) is 0 Å². The number of hydrogen-bond donors (Lipinski definition) is 1. The summed E-state index contributed by atoms with van der Waals surface area (Å²) in [4.78, 5) is 38.5. The Bertz CT molecular complexity index is 1310. The van der Waals surface area contributed by atoms with Crippen LogP contribution in [0.15, 0.2) is 60.7 Å². The van der Waals surface area contributed by atoms with Gasteiger partial charge in [0.1, 0.15) is 11.4 Å². The predicted molar refractivity (Wildman–Crippen MR) is 136 cm³/mol. The van der Waals surface area contributed by atoms with Crippen molar-refractivity contribution in [3.63, 3.8) is 0 Å². The maximum absolute atomic E-state index is 14.3. The Morgan fingerprint density at radius 2 is 1.57 bits per heavy atom. The highest BCUT2D eigenvalue weighted by Crippen LogP contribution is 2.31. The number of nitrogens with zero attached hydrogens (tertiary/aromatic N) is 1. The highest BCUT2D eigenvalue weighted by Gasteiger charge is 2.29. The van der Waals surface area contributed by atoms with Gasteiger partial charge in [0.05, 0.1) is 17.2 Å². The fourth-order valence-electron chi connectivity index (χ4n) is 4.31. The second-order valence-electron chi connectivity index (χ2n) is 8.66. The van der Waals surface area contributed by atoms with Crippen molar-refractivity contribution in [2.45, 2.75) is 25.7 Å². The van der Waals surface area contributed by atoms with Crippen molar-refractivity contribution in [2.75, 3.05) is 25.0 Å². The third-order valence-corrected chi connectivity index (χ3v) is 6.63. The second-order valence-corrected chi connectivity index (χ2v) is 9.07. The predicted octanol–water partition coefficient (Wildman–Crippen LogP) is 6.07. The fraction of sp³-hybridized carbons (Fsp3) is 0.250. The summed E-state index contributed by atoms with van der Waals surface area (Å²) in [6.45, 7) is 2.71. The molecule has 192 valence electrons. The molecule has 1 aliphatic rings. The van der Waals surface area contributed by atoms with Gasteiger partial charge >= 0.3 is 5.97 Å². The second kappa shape index (κ2) is 11.5. The van der Waals surface area contributed by atoms with E-state index >= 15 is 0 Å². The largest absolute Gasteiger partial charge is 0.462 e. The van der Waals surface area contributed by atoms with E-state index in [4.69, 9.17) is 16.3 Å². The lowest BCUT2D eigenvalue weighted by Crippen LogP contribution is -2.38. The molecule has 9 heteroatoms. The quantitative estimate of drug-likeness (QED) is 0.312. The molecule has 6 nitrogen and oxygen atoms in total. The summed E-state index contributed by atoms with van der Waals surface area (Å²) in [7, 11) is 0. The number of piperidine rings is 1. The Morgan fingerprint density at radius 3 is 2.19 bits per heavy atom. The number of likely N-dealkylation sites (tertiary alicyclic amines) is 1. The molecular weight excluding hydrogens is 502 g/mol. The van der Waals surface area contributed by atoms with Gasteiger partial charge in [-0.2, -0.15) is 0 Å². The van der Waals surface area contributed by atoms with E-state index in [1.165, 1.54) is 4.90 Å². The molecule has 37 heavy (non-hydrogen) atoms. The number of esters is 1. The van der Waals surface area contributed by atoms with Crippen LogP contribution in [-0.4, -0.2) is 42.4 Å². The summed E-state index contributed by atoms with van der Waals surface area (Å²) < 4.78 is 33.3. The van der Waals surface area contributed by atoms with Crippen molar-refractivity contribution in [1.82, 2.24) is 4.90 Å². The third-order valence-electron chi connectivity index (χ3n) is 6.34. The van der Waals surface area contributed by atoms with Gasteiger partial charge in [0.25, 0.3) is 11.8 Å². The van der Waals surface area contributed by atoms with Gasteiger partial charge in [0.15, 0.2) is 5.82 Å². The number of halogens is 3. The zero-order valence-corrected chi connectivity index (χ0v) is 20.9. The summed E-state index contributed by atoms with van der Waals surface area (Å²) in [6, 6.07) is 15.7. The van der Waals surface area contributed by atoms with Crippen molar-refractivity contribution in [2.24, 2.45) is 0 Å². The van der Waals surface area contributed by atoms with Crippen molar-refractivity contribution >= 4 is 35.1 Å². The third kappa shape index (κ3) is 5.97. The molecule has 2 amide bonds. The van der Waals surface area contributed by atoms with Crippen molar-refractivity contribution in [3.8, 4) is 0 Å². The molecule has 0 bridgehead atoms. The first-order valence-electron chi connectivity index (χ1n) is 11.9.